The average Bonchev–Trinajstić information content (AvgIpc) is 2.46. The van der Waals surface area contributed by atoms with Crippen molar-refractivity contribution >= 4 is 0 Å². The van der Waals surface area contributed by atoms with Crippen molar-refractivity contribution in [3.63, 3.8) is 0 Å². The molecule has 1 atom stereocenters. The Labute approximate surface area is 84.4 Å². The van der Waals surface area contributed by atoms with Gasteiger partial charge in [-0.3, -0.25) is 9.78 Å². The Kier molecular flexibility index (Phi) is 2.01. The number of nitrogens with one attached hydrogen (secondary N) is 1. The second-order valence-electron chi connectivity index (χ2n) is 3.36. The molecular formula is C9H10N2O4. The number of aromatic nitrogens is 2. The second-order valence-corrected chi connectivity index (χ2v) is 3.36. The van der Waals surface area contributed by atoms with E-state index < -0.39 is 17.2 Å². The summed E-state index contributed by atoms with van der Waals surface area (Å²) in [5, 5.41) is 9.96. The van der Waals surface area contributed by atoms with Gasteiger partial charge in [-0.25, -0.2) is 9.36 Å². The SMILES string of the molecule is C=C1CCC(O)(n2ccc(=O)[nH]c2=O)O1. The lowest BCUT2D eigenvalue weighted by Gasteiger charge is -2.23. The van der Waals surface area contributed by atoms with Crippen LogP contribution in [-0.2, 0) is 10.6 Å². The van der Waals surface area contributed by atoms with Crippen LogP contribution in [0.5, 0.6) is 0 Å². The van der Waals surface area contributed by atoms with E-state index in [2.05, 4.69) is 6.58 Å². The number of rotatable bonds is 1. The number of ether oxygens (including phenoxy) is 1. The van der Waals surface area contributed by atoms with Crippen LogP contribution in [0, 0.1) is 0 Å². The molecule has 0 saturated carbocycles. The van der Waals surface area contributed by atoms with Gasteiger partial charge in [0.25, 0.3) is 11.5 Å². The average molecular weight is 210 g/mol. The fourth-order valence-corrected chi connectivity index (χ4v) is 1.50. The maximum absolute atomic E-state index is 11.4. The topological polar surface area (TPSA) is 84.3 Å². The van der Waals surface area contributed by atoms with E-state index in [0.717, 1.165) is 10.6 Å². The predicted molar refractivity (Wildman–Crippen MR) is 51.0 cm³/mol. The third-order valence-corrected chi connectivity index (χ3v) is 2.24. The van der Waals surface area contributed by atoms with Crippen LogP contribution in [0.1, 0.15) is 12.8 Å². The molecule has 2 heterocycles. The highest BCUT2D eigenvalue weighted by Gasteiger charge is 2.38. The lowest BCUT2D eigenvalue weighted by atomic mass is 10.3. The molecule has 1 unspecified atom stereocenters. The molecule has 1 aliphatic rings. The lowest BCUT2D eigenvalue weighted by Crippen LogP contribution is -2.43. The van der Waals surface area contributed by atoms with E-state index in [-0.39, 0.29) is 6.42 Å². The normalized spacial score (nSPS) is 25.3. The molecule has 6 nitrogen and oxygen atoms in total. The maximum atomic E-state index is 11.4. The Hall–Kier alpha value is -1.82. The van der Waals surface area contributed by atoms with Crippen LogP contribution in [-0.4, -0.2) is 14.7 Å². The third kappa shape index (κ3) is 1.59. The number of hydrogen-bond donors (Lipinski definition) is 2. The van der Waals surface area contributed by atoms with E-state index in [1.54, 1.807) is 0 Å². The molecule has 1 aromatic rings. The molecule has 15 heavy (non-hydrogen) atoms. The van der Waals surface area contributed by atoms with E-state index in [1.807, 2.05) is 4.98 Å². The maximum Gasteiger partial charge on any atom is 0.333 e. The van der Waals surface area contributed by atoms with Crippen molar-refractivity contribution in [1.82, 2.24) is 9.55 Å². The molecule has 2 rings (SSSR count). The third-order valence-electron chi connectivity index (χ3n) is 2.24. The van der Waals surface area contributed by atoms with Gasteiger partial charge in [0.15, 0.2) is 0 Å². The predicted octanol–water partition coefficient (Wildman–Crippen LogP) is -0.537. The van der Waals surface area contributed by atoms with Gasteiger partial charge >= 0.3 is 5.69 Å². The van der Waals surface area contributed by atoms with E-state index in [1.165, 1.54) is 6.20 Å². The van der Waals surface area contributed by atoms with Gasteiger partial charge in [-0.2, -0.15) is 0 Å². The number of aromatic amines is 1. The minimum Gasteiger partial charge on any atom is -0.449 e. The Balaban J connectivity index is 2.50. The quantitative estimate of drug-likeness (QED) is 0.652. The summed E-state index contributed by atoms with van der Waals surface area (Å²) >= 11 is 0. The molecule has 0 spiro atoms. The zero-order chi connectivity index (χ0) is 11.1. The minimum absolute atomic E-state index is 0.234. The van der Waals surface area contributed by atoms with Crippen LogP contribution in [0.3, 0.4) is 0 Å². The largest absolute Gasteiger partial charge is 0.449 e. The molecule has 6 heteroatoms. The van der Waals surface area contributed by atoms with Gasteiger partial charge in [-0.05, 0) is 0 Å². The van der Waals surface area contributed by atoms with Crippen molar-refractivity contribution in [2.45, 2.75) is 18.8 Å². The zero-order valence-corrected chi connectivity index (χ0v) is 7.90. The van der Waals surface area contributed by atoms with Crippen LogP contribution >= 0.6 is 0 Å². The van der Waals surface area contributed by atoms with Gasteiger partial charge in [0.2, 0.25) is 0 Å². The fourth-order valence-electron chi connectivity index (χ4n) is 1.50. The summed E-state index contributed by atoms with van der Waals surface area (Å²) in [6.07, 6.45) is 1.90. The Morgan fingerprint density at radius 1 is 1.60 bits per heavy atom. The van der Waals surface area contributed by atoms with Crippen molar-refractivity contribution in [2.75, 3.05) is 0 Å². The van der Waals surface area contributed by atoms with E-state index in [9.17, 15) is 14.7 Å². The first kappa shape index (κ1) is 9.72. The number of aliphatic hydroxyl groups is 1. The van der Waals surface area contributed by atoms with Crippen molar-refractivity contribution in [1.29, 1.82) is 0 Å². The standard InChI is InChI=1S/C9H10N2O4/c1-6-2-4-9(14,15-6)11-5-3-7(12)10-8(11)13/h3,5,14H,1-2,4H2,(H,10,12,13). The summed E-state index contributed by atoms with van der Waals surface area (Å²) in [4.78, 5) is 24.2. The molecule has 0 aromatic carbocycles. The molecule has 1 saturated heterocycles. The van der Waals surface area contributed by atoms with Gasteiger partial charge in [0.1, 0.15) is 0 Å². The summed E-state index contributed by atoms with van der Waals surface area (Å²) in [5.41, 5.74) is -1.23. The first-order chi connectivity index (χ1) is 7.01. The van der Waals surface area contributed by atoms with Crippen molar-refractivity contribution in [3.8, 4) is 0 Å². The highest BCUT2D eigenvalue weighted by molar-refractivity contribution is 4.95. The second kappa shape index (κ2) is 3.09. The van der Waals surface area contributed by atoms with Crippen LogP contribution in [0.2, 0.25) is 0 Å². The number of hydrogen-bond acceptors (Lipinski definition) is 4. The molecule has 0 radical (unpaired) electrons. The molecular weight excluding hydrogens is 200 g/mol. The Bertz CT molecular complexity index is 515. The van der Waals surface area contributed by atoms with Crippen LogP contribution < -0.4 is 11.2 Å². The molecule has 2 N–H and O–H groups in total. The van der Waals surface area contributed by atoms with E-state index in [4.69, 9.17) is 4.74 Å². The fraction of sp³-hybridized carbons (Fsp3) is 0.333. The van der Waals surface area contributed by atoms with Crippen LogP contribution in [0.25, 0.3) is 0 Å². The first-order valence-corrected chi connectivity index (χ1v) is 4.43. The smallest absolute Gasteiger partial charge is 0.333 e. The number of H-pyrrole nitrogens is 1. The number of allylic oxidation sites excluding steroid dienone is 1. The number of nitrogens with zero attached hydrogens (tertiary/aromatic N) is 1. The highest BCUT2D eigenvalue weighted by Crippen LogP contribution is 2.32. The van der Waals surface area contributed by atoms with Gasteiger partial charge in [0, 0.05) is 25.1 Å². The molecule has 0 bridgehead atoms. The molecule has 80 valence electrons. The molecule has 1 fully saturated rings. The monoisotopic (exact) mass is 210 g/mol. The summed E-state index contributed by atoms with van der Waals surface area (Å²) < 4.78 is 5.99. The Morgan fingerprint density at radius 3 is 2.87 bits per heavy atom. The van der Waals surface area contributed by atoms with Gasteiger partial charge in [0.05, 0.1) is 5.76 Å². The first-order valence-electron chi connectivity index (χ1n) is 4.43. The highest BCUT2D eigenvalue weighted by atomic mass is 16.7. The van der Waals surface area contributed by atoms with Crippen LogP contribution in [0.4, 0.5) is 0 Å². The lowest BCUT2D eigenvalue weighted by molar-refractivity contribution is -0.221. The minimum atomic E-state index is -1.72. The summed E-state index contributed by atoms with van der Waals surface area (Å²) in [6, 6.07) is 1.14. The van der Waals surface area contributed by atoms with Gasteiger partial charge < -0.3 is 9.84 Å². The van der Waals surface area contributed by atoms with Gasteiger partial charge in [-0.1, -0.05) is 6.58 Å². The molecule has 1 aliphatic heterocycles. The van der Waals surface area contributed by atoms with E-state index >= 15 is 0 Å². The van der Waals surface area contributed by atoms with Gasteiger partial charge in [-0.15, -0.1) is 0 Å². The van der Waals surface area contributed by atoms with Crippen molar-refractivity contribution in [3.05, 3.63) is 45.4 Å². The molecule has 1 aromatic heterocycles. The molecule has 0 amide bonds. The van der Waals surface area contributed by atoms with Crippen LogP contribution in [0.15, 0.2) is 34.2 Å². The van der Waals surface area contributed by atoms with Crippen molar-refractivity contribution in [2.24, 2.45) is 0 Å². The summed E-state index contributed by atoms with van der Waals surface area (Å²) in [7, 11) is 0. The summed E-state index contributed by atoms with van der Waals surface area (Å²) in [6.45, 7) is 3.55. The van der Waals surface area contributed by atoms with E-state index in [0.29, 0.717) is 12.2 Å². The summed E-state index contributed by atoms with van der Waals surface area (Å²) in [5.74, 6) is -1.31. The molecule has 0 aliphatic carbocycles. The Morgan fingerprint density at radius 2 is 2.33 bits per heavy atom. The zero-order valence-electron chi connectivity index (χ0n) is 7.90. The van der Waals surface area contributed by atoms with Crippen molar-refractivity contribution < 1.29 is 9.84 Å².